The summed E-state index contributed by atoms with van der Waals surface area (Å²) in [6.07, 6.45) is 4.01. The van der Waals surface area contributed by atoms with Crippen molar-refractivity contribution < 1.29 is 14.4 Å². The monoisotopic (exact) mass is 279 g/mol. The van der Waals surface area contributed by atoms with Crippen molar-refractivity contribution in [1.29, 1.82) is 0 Å². The Hall–Kier alpha value is -1.73. The molecule has 7 heteroatoms. The van der Waals surface area contributed by atoms with E-state index in [2.05, 4.69) is 10.3 Å². The topological polar surface area (TPSA) is 86.5 Å². The van der Waals surface area contributed by atoms with Gasteiger partial charge in [0.05, 0.1) is 17.1 Å². The molecule has 1 aromatic rings. The van der Waals surface area contributed by atoms with Gasteiger partial charge in [-0.25, -0.2) is 4.98 Å². The Bertz CT molecular complexity index is 502. The zero-order chi connectivity index (χ0) is 14.0. The third kappa shape index (κ3) is 2.59. The molecule has 0 radical (unpaired) electrons. The quantitative estimate of drug-likeness (QED) is 0.662. The molecular formula is C13H17N3O4. The molecule has 0 aromatic carbocycles. The van der Waals surface area contributed by atoms with E-state index in [0.717, 1.165) is 32.4 Å². The first-order valence-electron chi connectivity index (χ1n) is 6.79. The first-order valence-corrected chi connectivity index (χ1v) is 6.79. The summed E-state index contributed by atoms with van der Waals surface area (Å²) >= 11 is 0. The van der Waals surface area contributed by atoms with Crippen molar-refractivity contribution in [2.75, 3.05) is 19.7 Å². The fraction of sp³-hybridized carbons (Fsp3) is 0.615. The van der Waals surface area contributed by atoms with E-state index < -0.39 is 4.92 Å². The van der Waals surface area contributed by atoms with Crippen LogP contribution in [-0.2, 0) is 4.74 Å². The molecule has 1 aromatic heterocycles. The van der Waals surface area contributed by atoms with Crippen LogP contribution in [0.1, 0.15) is 19.3 Å². The number of hydrogen-bond donors (Lipinski definition) is 1. The molecule has 20 heavy (non-hydrogen) atoms. The van der Waals surface area contributed by atoms with E-state index in [9.17, 15) is 10.1 Å². The van der Waals surface area contributed by atoms with E-state index in [1.54, 1.807) is 0 Å². The highest BCUT2D eigenvalue weighted by Crippen LogP contribution is 2.36. The highest BCUT2D eigenvalue weighted by atomic mass is 16.6. The lowest BCUT2D eigenvalue weighted by atomic mass is 9.89. The van der Waals surface area contributed by atoms with Crippen LogP contribution < -0.4 is 10.1 Å². The normalized spacial score (nSPS) is 24.7. The minimum Gasteiger partial charge on any atom is -0.467 e. The zero-order valence-corrected chi connectivity index (χ0v) is 11.1. The molecule has 2 saturated heterocycles. The molecule has 2 fully saturated rings. The molecule has 2 aliphatic rings. The summed E-state index contributed by atoms with van der Waals surface area (Å²) in [7, 11) is 0. The van der Waals surface area contributed by atoms with Crippen LogP contribution in [0.5, 0.6) is 5.88 Å². The highest BCUT2D eigenvalue weighted by Gasteiger charge is 2.42. The predicted octanol–water partition coefficient (Wildman–Crippen LogP) is 1.28. The number of nitrogens with one attached hydrogen (secondary N) is 1. The third-order valence-corrected chi connectivity index (χ3v) is 3.92. The van der Waals surface area contributed by atoms with Crippen LogP contribution in [0.15, 0.2) is 18.3 Å². The molecule has 3 heterocycles. The van der Waals surface area contributed by atoms with Crippen LogP contribution in [0.4, 0.5) is 5.69 Å². The van der Waals surface area contributed by atoms with Crippen LogP contribution in [0.2, 0.25) is 0 Å². The van der Waals surface area contributed by atoms with Crippen LogP contribution >= 0.6 is 0 Å². The van der Waals surface area contributed by atoms with Crippen LogP contribution in [0.25, 0.3) is 0 Å². The average molecular weight is 279 g/mol. The van der Waals surface area contributed by atoms with Gasteiger partial charge < -0.3 is 14.8 Å². The van der Waals surface area contributed by atoms with Crippen LogP contribution in [-0.4, -0.2) is 41.3 Å². The van der Waals surface area contributed by atoms with Gasteiger partial charge in [0.15, 0.2) is 0 Å². The lowest BCUT2D eigenvalue weighted by Gasteiger charge is -2.32. The molecule has 7 nitrogen and oxygen atoms in total. The predicted molar refractivity (Wildman–Crippen MR) is 70.7 cm³/mol. The number of ether oxygens (including phenoxy) is 2. The molecule has 0 saturated carbocycles. The minimum absolute atomic E-state index is 0.0806. The van der Waals surface area contributed by atoms with Gasteiger partial charge in [-0.15, -0.1) is 0 Å². The summed E-state index contributed by atoms with van der Waals surface area (Å²) in [5.41, 5.74) is -0.224. The zero-order valence-electron chi connectivity index (χ0n) is 11.1. The van der Waals surface area contributed by atoms with Gasteiger partial charge in [0.25, 0.3) is 5.88 Å². The first kappa shape index (κ1) is 13.3. The molecule has 1 N–H and O–H groups in total. The fourth-order valence-corrected chi connectivity index (χ4v) is 2.88. The molecule has 3 rings (SSSR count). The Morgan fingerprint density at radius 3 is 3.05 bits per heavy atom. The molecule has 108 valence electrons. The van der Waals surface area contributed by atoms with Gasteiger partial charge in [-0.05, 0) is 32.0 Å². The number of pyridine rings is 1. The lowest BCUT2D eigenvalue weighted by Crippen LogP contribution is -2.41. The van der Waals surface area contributed by atoms with Gasteiger partial charge in [-0.1, -0.05) is 0 Å². The van der Waals surface area contributed by atoms with Crippen molar-refractivity contribution in [2.45, 2.75) is 31.0 Å². The standard InChI is InChI=1S/C13H17N3O4/c17-16(18)11-2-1-5-15-12(11)20-10-8-13(19-9-10)3-6-14-7-4-13/h1-2,5,10,14H,3-4,6-9H2. The second-order valence-electron chi connectivity index (χ2n) is 5.27. The number of rotatable bonds is 3. The molecule has 0 bridgehead atoms. The van der Waals surface area contributed by atoms with Gasteiger partial charge in [0.1, 0.15) is 6.10 Å². The second kappa shape index (κ2) is 5.34. The van der Waals surface area contributed by atoms with Gasteiger partial charge in [0.2, 0.25) is 0 Å². The molecule has 1 spiro atoms. The number of hydrogen-bond acceptors (Lipinski definition) is 6. The lowest BCUT2D eigenvalue weighted by molar-refractivity contribution is -0.386. The maximum Gasteiger partial charge on any atom is 0.330 e. The number of nitrogens with zero attached hydrogens (tertiary/aromatic N) is 2. The van der Waals surface area contributed by atoms with E-state index in [1.165, 1.54) is 18.3 Å². The van der Waals surface area contributed by atoms with Crippen LogP contribution in [0, 0.1) is 10.1 Å². The largest absolute Gasteiger partial charge is 0.467 e. The Morgan fingerprint density at radius 1 is 1.50 bits per heavy atom. The van der Waals surface area contributed by atoms with Gasteiger partial charge in [-0.3, -0.25) is 10.1 Å². The summed E-state index contributed by atoms with van der Waals surface area (Å²) in [6, 6.07) is 2.93. The van der Waals surface area contributed by atoms with E-state index in [0.29, 0.717) is 6.61 Å². The fourth-order valence-electron chi connectivity index (χ4n) is 2.88. The van der Waals surface area contributed by atoms with Gasteiger partial charge in [-0.2, -0.15) is 0 Å². The molecular weight excluding hydrogens is 262 g/mol. The van der Waals surface area contributed by atoms with Crippen molar-refractivity contribution in [1.82, 2.24) is 10.3 Å². The Kier molecular flexibility index (Phi) is 3.54. The maximum absolute atomic E-state index is 10.9. The van der Waals surface area contributed by atoms with E-state index in [-0.39, 0.29) is 23.3 Å². The number of aromatic nitrogens is 1. The summed E-state index contributed by atoms with van der Waals surface area (Å²) in [4.78, 5) is 14.4. The molecule has 0 amide bonds. The Balaban J connectivity index is 1.69. The maximum atomic E-state index is 10.9. The molecule has 2 aliphatic heterocycles. The SMILES string of the molecule is O=[N+]([O-])c1cccnc1OC1COC2(CCNCC2)C1. The first-order chi connectivity index (χ1) is 9.69. The summed E-state index contributed by atoms with van der Waals surface area (Å²) in [6.45, 7) is 2.35. The summed E-state index contributed by atoms with van der Waals surface area (Å²) < 4.78 is 11.6. The molecule has 1 atom stereocenters. The van der Waals surface area contributed by atoms with Gasteiger partial charge in [0, 0.05) is 18.7 Å². The van der Waals surface area contributed by atoms with Crippen LogP contribution in [0.3, 0.4) is 0 Å². The number of nitro groups is 1. The van der Waals surface area contributed by atoms with Crippen molar-refractivity contribution in [2.24, 2.45) is 0 Å². The van der Waals surface area contributed by atoms with Crippen molar-refractivity contribution in [3.05, 3.63) is 28.4 Å². The van der Waals surface area contributed by atoms with E-state index >= 15 is 0 Å². The highest BCUT2D eigenvalue weighted by molar-refractivity contribution is 5.39. The van der Waals surface area contributed by atoms with Crippen molar-refractivity contribution >= 4 is 5.69 Å². The Morgan fingerprint density at radius 2 is 2.30 bits per heavy atom. The average Bonchev–Trinajstić information content (AvgIpc) is 2.82. The van der Waals surface area contributed by atoms with Crippen molar-refractivity contribution in [3.63, 3.8) is 0 Å². The Labute approximate surface area is 116 Å². The van der Waals surface area contributed by atoms with Crippen molar-refractivity contribution in [3.8, 4) is 5.88 Å². The molecule has 1 unspecified atom stereocenters. The summed E-state index contributed by atoms with van der Waals surface area (Å²) in [5.74, 6) is 0.0806. The van der Waals surface area contributed by atoms with Gasteiger partial charge >= 0.3 is 5.69 Å². The molecule has 0 aliphatic carbocycles. The smallest absolute Gasteiger partial charge is 0.330 e. The summed E-state index contributed by atoms with van der Waals surface area (Å²) in [5, 5.41) is 14.2. The second-order valence-corrected chi connectivity index (χ2v) is 5.27. The minimum atomic E-state index is -0.474. The van der Waals surface area contributed by atoms with E-state index in [1.807, 2.05) is 0 Å². The number of piperidine rings is 1. The van der Waals surface area contributed by atoms with E-state index in [4.69, 9.17) is 9.47 Å². The third-order valence-electron chi connectivity index (χ3n) is 3.92.